The van der Waals surface area contributed by atoms with E-state index < -0.39 is 0 Å². The molecule has 0 spiro atoms. The zero-order chi connectivity index (χ0) is 10.6. The Morgan fingerprint density at radius 2 is 2.07 bits per heavy atom. The normalized spacial score (nSPS) is 27.6. The molecule has 0 heterocycles. The van der Waals surface area contributed by atoms with E-state index in [0.29, 0.717) is 23.5 Å². The molecule has 0 N–H and O–H groups in total. The minimum absolute atomic E-state index is 0.404. The van der Waals surface area contributed by atoms with Crippen LogP contribution in [0, 0.1) is 17.8 Å². The predicted molar refractivity (Wildman–Crippen MR) is 60.2 cm³/mol. The van der Waals surface area contributed by atoms with Crippen LogP contribution >= 0.6 is 0 Å². The van der Waals surface area contributed by atoms with Crippen LogP contribution in [0.2, 0.25) is 0 Å². The van der Waals surface area contributed by atoms with Crippen molar-refractivity contribution in [3.05, 3.63) is 0 Å². The molecule has 1 aliphatic rings. The Bertz CT molecular complexity index is 184. The van der Waals surface area contributed by atoms with E-state index >= 15 is 0 Å². The van der Waals surface area contributed by atoms with Crippen molar-refractivity contribution in [3.8, 4) is 0 Å². The molecule has 2 atom stereocenters. The van der Waals surface area contributed by atoms with Crippen molar-refractivity contribution < 1.29 is 4.79 Å². The van der Waals surface area contributed by atoms with Gasteiger partial charge in [-0.25, -0.2) is 0 Å². The molecule has 82 valence electrons. The predicted octanol–water partition coefficient (Wildman–Crippen LogP) is 3.82. The molecule has 1 rings (SSSR count). The second-order valence-corrected chi connectivity index (χ2v) is 5.02. The fourth-order valence-electron chi connectivity index (χ4n) is 2.72. The monoisotopic (exact) mass is 196 g/mol. The van der Waals surface area contributed by atoms with Gasteiger partial charge in [-0.2, -0.15) is 0 Å². The molecule has 1 fully saturated rings. The third-order valence-electron chi connectivity index (χ3n) is 3.63. The number of carbonyl (C=O) groups excluding carboxylic acids is 1. The Morgan fingerprint density at radius 3 is 2.64 bits per heavy atom. The number of Topliss-reactive ketones (excluding diaryl/α,β-unsaturated/α-hetero) is 1. The van der Waals surface area contributed by atoms with Gasteiger partial charge < -0.3 is 0 Å². The minimum atomic E-state index is 0.404. The van der Waals surface area contributed by atoms with Gasteiger partial charge in [-0.3, -0.25) is 4.79 Å². The molecule has 0 saturated heterocycles. The first-order valence-electron chi connectivity index (χ1n) is 6.19. The zero-order valence-corrected chi connectivity index (χ0v) is 9.88. The molecule has 2 unspecified atom stereocenters. The summed E-state index contributed by atoms with van der Waals surface area (Å²) in [6.07, 6.45) is 6.93. The van der Waals surface area contributed by atoms with Crippen LogP contribution < -0.4 is 0 Å². The largest absolute Gasteiger partial charge is 0.299 e. The number of unbranched alkanes of at least 4 members (excludes halogenated alkanes) is 2. The Hall–Kier alpha value is -0.330. The molecule has 0 bridgehead atoms. The zero-order valence-electron chi connectivity index (χ0n) is 9.88. The maximum absolute atomic E-state index is 11.7. The lowest BCUT2D eigenvalue weighted by atomic mass is 9.83. The lowest BCUT2D eigenvalue weighted by Crippen LogP contribution is -2.19. The number of rotatable bonds is 5. The van der Waals surface area contributed by atoms with Crippen molar-refractivity contribution >= 4 is 5.78 Å². The highest BCUT2D eigenvalue weighted by Crippen LogP contribution is 2.37. The standard InChI is InChI=1S/C13H24O/c1-4-5-6-7-12-11(10(2)3)8-9-13(12)14/h10-12H,4-9H2,1-3H3. The maximum Gasteiger partial charge on any atom is 0.136 e. The highest BCUT2D eigenvalue weighted by molar-refractivity contribution is 5.83. The van der Waals surface area contributed by atoms with Gasteiger partial charge in [0.05, 0.1) is 0 Å². The van der Waals surface area contributed by atoms with E-state index in [1.54, 1.807) is 0 Å². The molecular formula is C13H24O. The Labute approximate surface area is 88.3 Å². The lowest BCUT2D eigenvalue weighted by molar-refractivity contribution is -0.121. The highest BCUT2D eigenvalue weighted by atomic mass is 16.1. The molecule has 0 aromatic rings. The Balaban J connectivity index is 2.41. The summed E-state index contributed by atoms with van der Waals surface area (Å²) in [4.78, 5) is 11.7. The quantitative estimate of drug-likeness (QED) is 0.611. The molecule has 0 radical (unpaired) electrons. The average Bonchev–Trinajstić information content (AvgIpc) is 2.48. The van der Waals surface area contributed by atoms with E-state index in [4.69, 9.17) is 0 Å². The van der Waals surface area contributed by atoms with Crippen LogP contribution in [0.3, 0.4) is 0 Å². The third-order valence-corrected chi connectivity index (χ3v) is 3.63. The number of ketones is 1. The smallest absolute Gasteiger partial charge is 0.136 e. The molecule has 0 aromatic heterocycles. The topological polar surface area (TPSA) is 17.1 Å². The number of hydrogen-bond acceptors (Lipinski definition) is 1. The van der Waals surface area contributed by atoms with Gasteiger partial charge >= 0.3 is 0 Å². The summed E-state index contributed by atoms with van der Waals surface area (Å²) in [5, 5.41) is 0. The summed E-state index contributed by atoms with van der Waals surface area (Å²) in [6.45, 7) is 6.74. The molecule has 0 aliphatic heterocycles. The van der Waals surface area contributed by atoms with E-state index in [1.165, 1.54) is 19.3 Å². The summed E-state index contributed by atoms with van der Waals surface area (Å²) in [5.41, 5.74) is 0. The van der Waals surface area contributed by atoms with Crippen LogP contribution in [-0.2, 0) is 4.79 Å². The molecule has 1 heteroatoms. The first-order chi connectivity index (χ1) is 6.66. The van der Waals surface area contributed by atoms with Gasteiger partial charge in [-0.05, 0) is 24.7 Å². The third kappa shape index (κ3) is 2.83. The van der Waals surface area contributed by atoms with Crippen LogP contribution in [-0.4, -0.2) is 5.78 Å². The summed E-state index contributed by atoms with van der Waals surface area (Å²) in [7, 11) is 0. The summed E-state index contributed by atoms with van der Waals surface area (Å²) >= 11 is 0. The van der Waals surface area contributed by atoms with Crippen molar-refractivity contribution in [2.24, 2.45) is 17.8 Å². The lowest BCUT2D eigenvalue weighted by Gasteiger charge is -2.21. The fraction of sp³-hybridized carbons (Fsp3) is 0.923. The van der Waals surface area contributed by atoms with Crippen molar-refractivity contribution in [2.45, 2.75) is 59.3 Å². The van der Waals surface area contributed by atoms with Crippen LogP contribution in [0.4, 0.5) is 0 Å². The van der Waals surface area contributed by atoms with Crippen LogP contribution in [0.15, 0.2) is 0 Å². The van der Waals surface area contributed by atoms with Crippen LogP contribution in [0.5, 0.6) is 0 Å². The second kappa shape index (κ2) is 5.53. The second-order valence-electron chi connectivity index (χ2n) is 5.02. The molecule has 0 aromatic carbocycles. The number of carbonyl (C=O) groups is 1. The van der Waals surface area contributed by atoms with Gasteiger partial charge in [0.25, 0.3) is 0 Å². The van der Waals surface area contributed by atoms with E-state index in [2.05, 4.69) is 20.8 Å². The highest BCUT2D eigenvalue weighted by Gasteiger charge is 2.35. The molecule has 1 saturated carbocycles. The summed E-state index contributed by atoms with van der Waals surface area (Å²) in [5.74, 6) is 2.31. The first kappa shape index (κ1) is 11.7. The summed E-state index contributed by atoms with van der Waals surface area (Å²) in [6, 6.07) is 0. The molecule has 14 heavy (non-hydrogen) atoms. The maximum atomic E-state index is 11.7. The van der Waals surface area contributed by atoms with Gasteiger partial charge in [-0.15, -0.1) is 0 Å². The van der Waals surface area contributed by atoms with E-state index in [-0.39, 0.29) is 0 Å². The van der Waals surface area contributed by atoms with E-state index in [1.807, 2.05) is 0 Å². The molecule has 0 amide bonds. The average molecular weight is 196 g/mol. The number of hydrogen-bond donors (Lipinski definition) is 0. The minimum Gasteiger partial charge on any atom is -0.299 e. The van der Waals surface area contributed by atoms with Crippen LogP contribution in [0.25, 0.3) is 0 Å². The van der Waals surface area contributed by atoms with Gasteiger partial charge in [0.15, 0.2) is 0 Å². The van der Waals surface area contributed by atoms with Crippen molar-refractivity contribution in [3.63, 3.8) is 0 Å². The summed E-state index contributed by atoms with van der Waals surface area (Å²) < 4.78 is 0. The Morgan fingerprint density at radius 1 is 1.36 bits per heavy atom. The van der Waals surface area contributed by atoms with Crippen molar-refractivity contribution in [1.29, 1.82) is 0 Å². The van der Waals surface area contributed by atoms with E-state index in [9.17, 15) is 4.79 Å². The van der Waals surface area contributed by atoms with Crippen molar-refractivity contribution in [2.75, 3.05) is 0 Å². The van der Waals surface area contributed by atoms with Gasteiger partial charge in [0.1, 0.15) is 5.78 Å². The fourth-order valence-corrected chi connectivity index (χ4v) is 2.72. The van der Waals surface area contributed by atoms with Crippen LogP contribution in [0.1, 0.15) is 59.3 Å². The van der Waals surface area contributed by atoms with Gasteiger partial charge in [0.2, 0.25) is 0 Å². The van der Waals surface area contributed by atoms with E-state index in [0.717, 1.165) is 19.3 Å². The first-order valence-corrected chi connectivity index (χ1v) is 6.19. The SMILES string of the molecule is CCCCCC1C(=O)CCC1C(C)C. The van der Waals surface area contributed by atoms with Gasteiger partial charge in [-0.1, -0.05) is 40.0 Å². The van der Waals surface area contributed by atoms with Crippen molar-refractivity contribution in [1.82, 2.24) is 0 Å². The van der Waals surface area contributed by atoms with Gasteiger partial charge in [0, 0.05) is 12.3 Å². The molecule has 1 nitrogen and oxygen atoms in total. The molecule has 1 aliphatic carbocycles. The Kier molecular flexibility index (Phi) is 4.64. The molecular weight excluding hydrogens is 172 g/mol.